The number of piperazine rings is 1. The van der Waals surface area contributed by atoms with Crippen molar-refractivity contribution in [3.63, 3.8) is 0 Å². The van der Waals surface area contributed by atoms with Crippen LogP contribution in [0.1, 0.15) is 69.9 Å². The van der Waals surface area contributed by atoms with Crippen LogP contribution in [0.2, 0.25) is 0 Å². The van der Waals surface area contributed by atoms with Crippen LogP contribution in [0.5, 0.6) is 0 Å². The number of carboxylic acid groups (broad SMARTS) is 1. The molecule has 11 nitrogen and oxygen atoms in total. The number of rotatable bonds is 14. The lowest BCUT2D eigenvalue weighted by molar-refractivity contribution is -0.160. The zero-order valence-electron chi connectivity index (χ0n) is 26.5. The minimum atomic E-state index is -1.14. The monoisotopic (exact) mass is 622 g/mol. The number of ether oxygens (including phenoxy) is 2. The molecule has 1 atom stereocenters. The molecular weight excluding hydrogens is 576 g/mol. The molecule has 2 aromatic carbocycles. The summed E-state index contributed by atoms with van der Waals surface area (Å²) in [7, 11) is 0. The van der Waals surface area contributed by atoms with E-state index in [1.807, 2.05) is 74.2 Å². The second-order valence-corrected chi connectivity index (χ2v) is 12.0. The number of urea groups is 1. The molecule has 4 rings (SSSR count). The maximum atomic E-state index is 12.6. The van der Waals surface area contributed by atoms with Gasteiger partial charge in [-0.1, -0.05) is 62.4 Å². The molecule has 0 saturated carbocycles. The highest BCUT2D eigenvalue weighted by Crippen LogP contribution is 2.44. The Bertz CT molecular complexity index is 1290. The van der Waals surface area contributed by atoms with E-state index >= 15 is 0 Å². The summed E-state index contributed by atoms with van der Waals surface area (Å²) in [5.41, 5.74) is 3.94. The number of hydrogen-bond donors (Lipinski definition) is 3. The fraction of sp³-hybridized carbons (Fsp3) is 0.529. The molecule has 1 unspecified atom stereocenters. The number of hydrogen-bond acceptors (Lipinski definition) is 7. The van der Waals surface area contributed by atoms with Crippen molar-refractivity contribution in [2.24, 2.45) is 0 Å². The van der Waals surface area contributed by atoms with Crippen LogP contribution >= 0.6 is 0 Å². The molecule has 2 aromatic rings. The first-order valence-electron chi connectivity index (χ1n) is 16.0. The van der Waals surface area contributed by atoms with Crippen LogP contribution in [0.3, 0.4) is 0 Å². The van der Waals surface area contributed by atoms with Gasteiger partial charge in [-0.15, -0.1) is 0 Å². The van der Waals surface area contributed by atoms with E-state index in [0.29, 0.717) is 45.6 Å². The summed E-state index contributed by atoms with van der Waals surface area (Å²) in [4.78, 5) is 53.1. The van der Waals surface area contributed by atoms with Gasteiger partial charge in [0.25, 0.3) is 0 Å². The van der Waals surface area contributed by atoms with E-state index in [2.05, 4.69) is 10.6 Å². The normalized spacial score (nSPS) is 15.5. The number of amides is 3. The van der Waals surface area contributed by atoms with Gasteiger partial charge >= 0.3 is 24.1 Å². The van der Waals surface area contributed by atoms with Gasteiger partial charge in [-0.3, -0.25) is 9.69 Å². The molecule has 1 aliphatic carbocycles. The third-order valence-electron chi connectivity index (χ3n) is 9.00. The third kappa shape index (κ3) is 8.97. The summed E-state index contributed by atoms with van der Waals surface area (Å²) in [5, 5.41) is 15.0. The van der Waals surface area contributed by atoms with Gasteiger partial charge in [-0.25, -0.2) is 14.4 Å². The van der Waals surface area contributed by atoms with E-state index in [0.717, 1.165) is 35.1 Å². The third-order valence-corrected chi connectivity index (χ3v) is 9.00. The van der Waals surface area contributed by atoms with Gasteiger partial charge < -0.3 is 30.1 Å². The van der Waals surface area contributed by atoms with E-state index in [1.54, 1.807) is 4.90 Å². The van der Waals surface area contributed by atoms with Gasteiger partial charge in [-0.05, 0) is 61.3 Å². The Kier molecular flexibility index (Phi) is 11.8. The Morgan fingerprint density at radius 1 is 0.933 bits per heavy atom. The number of nitrogens with one attached hydrogen (secondary N) is 2. The summed E-state index contributed by atoms with van der Waals surface area (Å²) in [6.07, 6.45) is 2.01. The van der Waals surface area contributed by atoms with Gasteiger partial charge in [0.1, 0.15) is 18.2 Å². The standard InChI is InChI=1S/C34H46N4O7/c1-4-34(3,5-2)45-30(39)22-37-18-20-38(21-19-37)32(42)35-17-11-10-16-29(31(40)41)36-33(43)44-23-28-26-14-8-6-12-24(26)25-13-7-9-15-27(25)28/h6-9,12-15,28-29H,4-5,10-11,16-23H2,1-3H3,(H,35,42)(H,36,43)(H,40,41). The lowest BCUT2D eigenvalue weighted by Crippen LogP contribution is -2.53. The minimum absolute atomic E-state index is 0.105. The van der Waals surface area contributed by atoms with Crippen molar-refractivity contribution in [2.45, 2.75) is 70.4 Å². The van der Waals surface area contributed by atoms with Crippen molar-refractivity contribution in [3.8, 4) is 11.1 Å². The van der Waals surface area contributed by atoms with Gasteiger partial charge in [0.15, 0.2) is 0 Å². The predicted octanol–water partition coefficient (Wildman–Crippen LogP) is 4.60. The molecule has 1 aliphatic heterocycles. The van der Waals surface area contributed by atoms with E-state index in [1.165, 1.54) is 0 Å². The molecule has 0 spiro atoms. The number of fused-ring (bicyclic) bond motifs is 3. The molecular formula is C34H46N4O7. The van der Waals surface area contributed by atoms with Crippen molar-refractivity contribution in [1.29, 1.82) is 0 Å². The zero-order chi connectivity index (χ0) is 32.4. The van der Waals surface area contributed by atoms with Crippen molar-refractivity contribution in [2.75, 3.05) is 45.9 Å². The first kappa shape index (κ1) is 33.8. The van der Waals surface area contributed by atoms with Crippen LogP contribution < -0.4 is 10.6 Å². The lowest BCUT2D eigenvalue weighted by Gasteiger charge is -2.35. The van der Waals surface area contributed by atoms with Gasteiger partial charge in [0.2, 0.25) is 0 Å². The molecule has 1 fully saturated rings. The van der Waals surface area contributed by atoms with Crippen LogP contribution in [0.25, 0.3) is 11.1 Å². The van der Waals surface area contributed by atoms with Crippen LogP contribution in [-0.4, -0.2) is 96.5 Å². The number of nitrogens with zero attached hydrogens (tertiary/aromatic N) is 2. The van der Waals surface area contributed by atoms with Crippen molar-refractivity contribution >= 4 is 24.1 Å². The van der Waals surface area contributed by atoms with Crippen molar-refractivity contribution in [1.82, 2.24) is 20.4 Å². The minimum Gasteiger partial charge on any atom is -0.480 e. The average Bonchev–Trinajstić information content (AvgIpc) is 3.36. The number of alkyl carbamates (subject to hydrolysis) is 1. The Morgan fingerprint density at radius 3 is 2.11 bits per heavy atom. The van der Waals surface area contributed by atoms with Crippen LogP contribution in [0.15, 0.2) is 48.5 Å². The van der Waals surface area contributed by atoms with Crippen LogP contribution in [0.4, 0.5) is 9.59 Å². The van der Waals surface area contributed by atoms with E-state index in [-0.39, 0.29) is 37.5 Å². The Balaban J connectivity index is 1.12. The number of unbranched alkanes of at least 4 members (excludes halogenated alkanes) is 1. The fourth-order valence-electron chi connectivity index (χ4n) is 5.81. The molecule has 0 aromatic heterocycles. The summed E-state index contributed by atoms with van der Waals surface area (Å²) < 4.78 is 11.2. The molecule has 1 saturated heterocycles. The highest BCUT2D eigenvalue weighted by Gasteiger charge is 2.30. The average molecular weight is 623 g/mol. The van der Waals surface area contributed by atoms with Gasteiger partial charge in [0.05, 0.1) is 6.54 Å². The van der Waals surface area contributed by atoms with Gasteiger partial charge in [0, 0.05) is 38.6 Å². The Labute approximate surface area is 265 Å². The first-order chi connectivity index (χ1) is 21.6. The molecule has 45 heavy (non-hydrogen) atoms. The summed E-state index contributed by atoms with van der Waals surface area (Å²) in [6.45, 7) is 8.81. The maximum absolute atomic E-state index is 12.6. The predicted molar refractivity (Wildman–Crippen MR) is 170 cm³/mol. The summed E-state index contributed by atoms with van der Waals surface area (Å²) >= 11 is 0. The fourth-order valence-corrected chi connectivity index (χ4v) is 5.81. The summed E-state index contributed by atoms with van der Waals surface area (Å²) in [6, 6.07) is 14.7. The molecule has 0 radical (unpaired) electrons. The number of esters is 1. The number of carbonyl (C=O) groups excluding carboxylic acids is 3. The molecule has 11 heteroatoms. The topological polar surface area (TPSA) is 138 Å². The summed E-state index contributed by atoms with van der Waals surface area (Å²) in [5.74, 6) is -1.49. The Hall–Kier alpha value is -4.12. The molecule has 1 heterocycles. The second kappa shape index (κ2) is 15.7. The quantitative estimate of drug-likeness (QED) is 0.205. The maximum Gasteiger partial charge on any atom is 0.407 e. The largest absolute Gasteiger partial charge is 0.480 e. The molecule has 244 valence electrons. The zero-order valence-corrected chi connectivity index (χ0v) is 26.5. The van der Waals surface area contributed by atoms with E-state index < -0.39 is 23.7 Å². The Morgan fingerprint density at radius 2 is 1.53 bits per heavy atom. The molecule has 3 amide bonds. The van der Waals surface area contributed by atoms with Crippen LogP contribution in [0, 0.1) is 0 Å². The molecule has 3 N–H and O–H groups in total. The first-order valence-corrected chi connectivity index (χ1v) is 16.0. The van der Waals surface area contributed by atoms with E-state index in [9.17, 15) is 24.3 Å². The van der Waals surface area contributed by atoms with Crippen LogP contribution in [-0.2, 0) is 19.1 Å². The highest BCUT2D eigenvalue weighted by molar-refractivity contribution is 5.81. The number of aliphatic carboxylic acids is 1. The SMILES string of the molecule is CCC(C)(CC)OC(=O)CN1CCN(C(=O)NCCCCC(NC(=O)OCC2c3ccccc3-c3ccccc32)C(=O)O)CC1. The number of benzene rings is 2. The highest BCUT2D eigenvalue weighted by atomic mass is 16.6. The lowest BCUT2D eigenvalue weighted by atomic mass is 9.98. The smallest absolute Gasteiger partial charge is 0.407 e. The number of carboxylic acids is 1. The van der Waals surface area contributed by atoms with E-state index in [4.69, 9.17) is 9.47 Å². The number of carbonyl (C=O) groups is 4. The van der Waals surface area contributed by atoms with Crippen molar-refractivity contribution in [3.05, 3.63) is 59.7 Å². The molecule has 2 aliphatic rings. The second-order valence-electron chi connectivity index (χ2n) is 12.0. The van der Waals surface area contributed by atoms with Crippen molar-refractivity contribution < 1.29 is 33.8 Å². The molecule has 0 bridgehead atoms. The van der Waals surface area contributed by atoms with Gasteiger partial charge in [-0.2, -0.15) is 0 Å².